The third kappa shape index (κ3) is 6.05. The van der Waals surface area contributed by atoms with Crippen molar-refractivity contribution in [2.24, 2.45) is 5.92 Å². The first-order valence-electron chi connectivity index (χ1n) is 10.2. The number of hydrogen-bond acceptors (Lipinski definition) is 3. The standard InChI is InChI=1S/C23H26BrFN2O3/c1-16(30-20-8-6-19(24)7-9-20)23(29)27-14-11-18(12-15-27)22(28)26-13-10-17-4-2-3-5-21(17)25/h2-9,16,18H,10-15H2,1H3,(H,26,28). The minimum Gasteiger partial charge on any atom is -0.481 e. The molecule has 0 aromatic heterocycles. The highest BCUT2D eigenvalue weighted by Crippen LogP contribution is 2.21. The summed E-state index contributed by atoms with van der Waals surface area (Å²) in [6, 6.07) is 13.9. The topological polar surface area (TPSA) is 58.6 Å². The van der Waals surface area contributed by atoms with E-state index < -0.39 is 6.10 Å². The number of carbonyl (C=O) groups is 2. The van der Waals surface area contributed by atoms with Gasteiger partial charge in [-0.2, -0.15) is 0 Å². The minimum atomic E-state index is -0.586. The summed E-state index contributed by atoms with van der Waals surface area (Å²) in [5, 5.41) is 2.89. The lowest BCUT2D eigenvalue weighted by molar-refractivity contribution is -0.141. The first kappa shape index (κ1) is 22.3. The molecule has 5 nitrogen and oxygen atoms in total. The molecule has 0 radical (unpaired) electrons. The molecule has 2 aromatic rings. The van der Waals surface area contributed by atoms with Gasteiger partial charge in [0, 0.05) is 30.0 Å². The Hall–Kier alpha value is -2.41. The molecule has 160 valence electrons. The van der Waals surface area contributed by atoms with E-state index in [0.717, 1.165) is 4.47 Å². The molecule has 2 aromatic carbocycles. The third-order valence-electron chi connectivity index (χ3n) is 5.30. The largest absolute Gasteiger partial charge is 0.481 e. The van der Waals surface area contributed by atoms with Crippen molar-refractivity contribution in [3.05, 3.63) is 64.4 Å². The van der Waals surface area contributed by atoms with Crippen molar-refractivity contribution in [3.8, 4) is 5.75 Å². The Kier molecular flexibility index (Phi) is 7.85. The van der Waals surface area contributed by atoms with E-state index in [0.29, 0.717) is 50.2 Å². The summed E-state index contributed by atoms with van der Waals surface area (Å²) in [6.45, 7) is 3.19. The van der Waals surface area contributed by atoms with E-state index in [-0.39, 0.29) is 23.5 Å². The lowest BCUT2D eigenvalue weighted by Gasteiger charge is -2.33. The Labute approximate surface area is 184 Å². The van der Waals surface area contributed by atoms with Gasteiger partial charge in [-0.05, 0) is 62.1 Å². The lowest BCUT2D eigenvalue weighted by Crippen LogP contribution is -2.47. The highest BCUT2D eigenvalue weighted by Gasteiger charge is 2.30. The molecule has 0 saturated carbocycles. The molecular weight excluding hydrogens is 451 g/mol. The van der Waals surface area contributed by atoms with E-state index in [1.165, 1.54) is 6.07 Å². The summed E-state index contributed by atoms with van der Waals surface area (Å²) in [4.78, 5) is 26.8. The molecule has 1 atom stereocenters. The zero-order valence-corrected chi connectivity index (χ0v) is 18.5. The van der Waals surface area contributed by atoms with Crippen LogP contribution in [0.4, 0.5) is 4.39 Å². The van der Waals surface area contributed by atoms with Gasteiger partial charge in [0.1, 0.15) is 11.6 Å². The Bertz CT molecular complexity index is 867. The van der Waals surface area contributed by atoms with Gasteiger partial charge in [0.2, 0.25) is 5.91 Å². The van der Waals surface area contributed by atoms with Gasteiger partial charge in [0.15, 0.2) is 6.10 Å². The number of nitrogens with one attached hydrogen (secondary N) is 1. The average molecular weight is 477 g/mol. The Balaban J connectivity index is 1.41. The van der Waals surface area contributed by atoms with Crippen molar-refractivity contribution >= 4 is 27.7 Å². The molecule has 0 aliphatic carbocycles. The van der Waals surface area contributed by atoms with Gasteiger partial charge < -0.3 is 15.0 Å². The van der Waals surface area contributed by atoms with Crippen LogP contribution in [0.1, 0.15) is 25.3 Å². The molecule has 1 fully saturated rings. The number of benzene rings is 2. The van der Waals surface area contributed by atoms with Crippen LogP contribution in [0, 0.1) is 11.7 Å². The summed E-state index contributed by atoms with van der Waals surface area (Å²) < 4.78 is 20.3. The van der Waals surface area contributed by atoms with E-state index in [4.69, 9.17) is 4.74 Å². The first-order valence-corrected chi connectivity index (χ1v) is 11.0. The fraction of sp³-hybridized carbons (Fsp3) is 0.391. The van der Waals surface area contributed by atoms with Crippen LogP contribution < -0.4 is 10.1 Å². The van der Waals surface area contributed by atoms with Gasteiger partial charge >= 0.3 is 0 Å². The van der Waals surface area contributed by atoms with Crippen LogP contribution in [0.25, 0.3) is 0 Å². The number of likely N-dealkylation sites (tertiary alicyclic amines) is 1. The number of hydrogen-bond donors (Lipinski definition) is 1. The van der Waals surface area contributed by atoms with E-state index in [1.54, 1.807) is 30.0 Å². The van der Waals surface area contributed by atoms with Crippen molar-refractivity contribution in [1.82, 2.24) is 10.2 Å². The Morgan fingerprint density at radius 2 is 1.83 bits per heavy atom. The molecule has 3 rings (SSSR count). The normalized spacial score (nSPS) is 15.5. The van der Waals surface area contributed by atoms with E-state index in [9.17, 15) is 14.0 Å². The molecule has 2 amide bonds. The van der Waals surface area contributed by atoms with Gasteiger partial charge in [0.25, 0.3) is 5.91 Å². The monoisotopic (exact) mass is 476 g/mol. The molecular formula is C23H26BrFN2O3. The number of rotatable bonds is 7. The summed E-state index contributed by atoms with van der Waals surface area (Å²) >= 11 is 3.37. The fourth-order valence-electron chi connectivity index (χ4n) is 3.55. The van der Waals surface area contributed by atoms with Crippen LogP contribution in [-0.4, -0.2) is 42.5 Å². The second-order valence-corrected chi connectivity index (χ2v) is 8.36. The predicted molar refractivity (Wildman–Crippen MR) is 117 cm³/mol. The second kappa shape index (κ2) is 10.6. The number of nitrogens with zero attached hydrogens (tertiary/aromatic N) is 1. The molecule has 1 unspecified atom stereocenters. The van der Waals surface area contributed by atoms with Crippen molar-refractivity contribution in [2.45, 2.75) is 32.3 Å². The third-order valence-corrected chi connectivity index (χ3v) is 5.83. The van der Waals surface area contributed by atoms with Gasteiger partial charge in [-0.1, -0.05) is 34.1 Å². The molecule has 1 aliphatic heterocycles. The molecule has 1 heterocycles. The summed E-state index contributed by atoms with van der Waals surface area (Å²) in [6.07, 6.45) is 1.10. The number of halogens is 2. The first-order chi connectivity index (χ1) is 14.4. The molecule has 30 heavy (non-hydrogen) atoms. The molecule has 7 heteroatoms. The second-order valence-electron chi connectivity index (χ2n) is 7.45. The number of amides is 2. The summed E-state index contributed by atoms with van der Waals surface area (Å²) in [7, 11) is 0. The summed E-state index contributed by atoms with van der Waals surface area (Å²) in [5.41, 5.74) is 0.595. The average Bonchev–Trinajstić information content (AvgIpc) is 2.76. The van der Waals surface area contributed by atoms with Crippen molar-refractivity contribution in [1.29, 1.82) is 0 Å². The van der Waals surface area contributed by atoms with Crippen LogP contribution in [0.5, 0.6) is 5.75 Å². The van der Waals surface area contributed by atoms with Crippen LogP contribution in [0.15, 0.2) is 53.0 Å². The highest BCUT2D eigenvalue weighted by molar-refractivity contribution is 9.10. The maximum Gasteiger partial charge on any atom is 0.263 e. The van der Waals surface area contributed by atoms with E-state index in [2.05, 4.69) is 21.2 Å². The number of piperidine rings is 1. The van der Waals surface area contributed by atoms with Crippen molar-refractivity contribution in [2.75, 3.05) is 19.6 Å². The fourth-order valence-corrected chi connectivity index (χ4v) is 3.82. The highest BCUT2D eigenvalue weighted by atomic mass is 79.9. The molecule has 0 spiro atoms. The van der Waals surface area contributed by atoms with Gasteiger partial charge in [-0.25, -0.2) is 4.39 Å². The minimum absolute atomic E-state index is 0.0300. The van der Waals surface area contributed by atoms with E-state index >= 15 is 0 Å². The van der Waals surface area contributed by atoms with Crippen LogP contribution in [0.3, 0.4) is 0 Å². The van der Waals surface area contributed by atoms with Crippen LogP contribution >= 0.6 is 15.9 Å². The Morgan fingerprint density at radius 3 is 2.50 bits per heavy atom. The lowest BCUT2D eigenvalue weighted by atomic mass is 9.95. The smallest absolute Gasteiger partial charge is 0.263 e. The van der Waals surface area contributed by atoms with Crippen molar-refractivity contribution < 1.29 is 18.7 Å². The van der Waals surface area contributed by atoms with Gasteiger partial charge in [-0.3, -0.25) is 9.59 Å². The number of ether oxygens (including phenoxy) is 1. The quantitative estimate of drug-likeness (QED) is 0.657. The predicted octanol–water partition coefficient (Wildman–Crippen LogP) is 3.95. The Morgan fingerprint density at radius 1 is 1.17 bits per heavy atom. The number of carbonyl (C=O) groups excluding carboxylic acids is 2. The van der Waals surface area contributed by atoms with Crippen LogP contribution in [0.2, 0.25) is 0 Å². The van der Waals surface area contributed by atoms with E-state index in [1.807, 2.05) is 24.3 Å². The molecule has 0 bridgehead atoms. The molecule has 1 saturated heterocycles. The van der Waals surface area contributed by atoms with Crippen LogP contribution in [-0.2, 0) is 16.0 Å². The van der Waals surface area contributed by atoms with Crippen molar-refractivity contribution in [3.63, 3.8) is 0 Å². The SMILES string of the molecule is CC(Oc1ccc(Br)cc1)C(=O)N1CCC(C(=O)NCCc2ccccc2F)CC1. The van der Waals surface area contributed by atoms with Gasteiger partial charge in [-0.15, -0.1) is 0 Å². The zero-order chi connectivity index (χ0) is 21.5. The molecule has 1 N–H and O–H groups in total. The zero-order valence-electron chi connectivity index (χ0n) is 16.9. The maximum atomic E-state index is 13.6. The molecule has 1 aliphatic rings. The maximum absolute atomic E-state index is 13.6. The summed E-state index contributed by atoms with van der Waals surface area (Å²) in [5.74, 6) is 0.160. The van der Waals surface area contributed by atoms with Gasteiger partial charge in [0.05, 0.1) is 0 Å².